The van der Waals surface area contributed by atoms with Crippen molar-refractivity contribution >= 4 is 23.5 Å². The highest BCUT2D eigenvalue weighted by Crippen LogP contribution is 2.33. The van der Waals surface area contributed by atoms with E-state index in [2.05, 4.69) is 5.32 Å². The van der Waals surface area contributed by atoms with E-state index in [4.69, 9.17) is 9.47 Å². The Kier molecular flexibility index (Phi) is 6.34. The number of allylic oxidation sites excluding steroid dienone is 1. The van der Waals surface area contributed by atoms with Crippen molar-refractivity contribution in [3.8, 4) is 5.75 Å². The number of carbonyl (C=O) groups excluding carboxylic acids is 3. The van der Waals surface area contributed by atoms with E-state index in [9.17, 15) is 24.5 Å². The second-order valence-electron chi connectivity index (χ2n) is 7.59. The van der Waals surface area contributed by atoms with E-state index in [0.717, 1.165) is 0 Å². The van der Waals surface area contributed by atoms with Crippen LogP contribution in [0.3, 0.4) is 0 Å². The molecule has 2 aromatic rings. The smallest absolute Gasteiger partial charge is 0.355 e. The van der Waals surface area contributed by atoms with Crippen LogP contribution in [0.1, 0.15) is 18.4 Å². The largest absolute Gasteiger partial charge is 0.484 e. The van der Waals surface area contributed by atoms with Crippen molar-refractivity contribution in [3.05, 3.63) is 82.0 Å². The van der Waals surface area contributed by atoms with Crippen molar-refractivity contribution in [1.29, 1.82) is 0 Å². The lowest BCUT2D eigenvalue weighted by Gasteiger charge is -2.49. The monoisotopic (exact) mass is 451 g/mol. The van der Waals surface area contributed by atoms with Gasteiger partial charge in [-0.2, -0.15) is 0 Å². The first-order valence-electron chi connectivity index (χ1n) is 10.3. The van der Waals surface area contributed by atoms with Gasteiger partial charge in [0.1, 0.15) is 24.1 Å². The molecule has 1 N–H and O–H groups in total. The Bertz CT molecular complexity index is 1100. The minimum Gasteiger partial charge on any atom is -0.484 e. The van der Waals surface area contributed by atoms with Crippen LogP contribution >= 0.6 is 0 Å². The number of amides is 2. The third-order valence-electron chi connectivity index (χ3n) is 5.44. The summed E-state index contributed by atoms with van der Waals surface area (Å²) < 4.78 is 10.7. The summed E-state index contributed by atoms with van der Waals surface area (Å²) in [6, 6.07) is 13.5. The number of esters is 1. The topological polar surface area (TPSA) is 128 Å². The minimum atomic E-state index is -0.719. The third kappa shape index (κ3) is 4.84. The van der Waals surface area contributed by atoms with Gasteiger partial charge in [0.2, 0.25) is 0 Å². The summed E-state index contributed by atoms with van der Waals surface area (Å²) in [5, 5.41) is 13.4. The normalized spacial score (nSPS) is 19.0. The summed E-state index contributed by atoms with van der Waals surface area (Å²) >= 11 is 0. The fraction of sp³-hybridized carbons (Fsp3) is 0.261. The Morgan fingerprint density at radius 3 is 2.55 bits per heavy atom. The lowest BCUT2D eigenvalue weighted by atomic mass is 9.86. The molecule has 4 rings (SSSR count). The highest BCUT2D eigenvalue weighted by molar-refractivity contribution is 6.01. The zero-order valence-electron chi connectivity index (χ0n) is 17.5. The van der Waals surface area contributed by atoms with Gasteiger partial charge in [0.05, 0.1) is 11.0 Å². The van der Waals surface area contributed by atoms with Crippen LogP contribution in [0.25, 0.3) is 0 Å². The van der Waals surface area contributed by atoms with Crippen LogP contribution in [0.4, 0.5) is 5.69 Å². The highest BCUT2D eigenvalue weighted by atomic mass is 16.6. The third-order valence-corrected chi connectivity index (χ3v) is 5.44. The average molecular weight is 451 g/mol. The molecule has 10 nitrogen and oxygen atoms in total. The van der Waals surface area contributed by atoms with Crippen molar-refractivity contribution in [1.82, 2.24) is 10.2 Å². The molecule has 0 saturated carbocycles. The summed E-state index contributed by atoms with van der Waals surface area (Å²) in [5.41, 5.74) is 0.668. The summed E-state index contributed by atoms with van der Waals surface area (Å²) in [7, 11) is 0. The second kappa shape index (κ2) is 9.51. The van der Waals surface area contributed by atoms with Crippen molar-refractivity contribution in [3.63, 3.8) is 0 Å². The van der Waals surface area contributed by atoms with E-state index >= 15 is 0 Å². The molecule has 2 atom stereocenters. The van der Waals surface area contributed by atoms with E-state index in [0.29, 0.717) is 24.2 Å². The van der Waals surface area contributed by atoms with Crippen LogP contribution in [0, 0.1) is 10.1 Å². The van der Waals surface area contributed by atoms with Crippen LogP contribution < -0.4 is 10.1 Å². The maximum Gasteiger partial charge on any atom is 0.355 e. The molecule has 0 spiro atoms. The maximum atomic E-state index is 12.7. The number of hydrogen-bond acceptors (Lipinski definition) is 7. The first-order valence-corrected chi connectivity index (χ1v) is 10.3. The fourth-order valence-electron chi connectivity index (χ4n) is 3.78. The Labute approximate surface area is 188 Å². The van der Waals surface area contributed by atoms with Crippen molar-refractivity contribution in [2.24, 2.45) is 0 Å². The Balaban J connectivity index is 1.29. The molecule has 0 bridgehead atoms. The number of β-lactam (4-membered cyclic amide) rings is 1. The Morgan fingerprint density at radius 1 is 1.12 bits per heavy atom. The van der Waals surface area contributed by atoms with Crippen LogP contribution in [-0.4, -0.2) is 46.3 Å². The quantitative estimate of drug-likeness (QED) is 0.282. The predicted molar refractivity (Wildman–Crippen MR) is 115 cm³/mol. The standard InChI is InChI=1S/C23H21N3O7/c27-20(14-32-17-5-2-1-3-6-17)24-21-18-7-4-8-19(25(18)22(21)28)23(29)33-13-15-9-11-16(12-10-15)26(30)31/h1-3,5-6,8-12,18,21H,4,7,13-14H2,(H,24,27)/t18-,21+/m1/s1. The van der Waals surface area contributed by atoms with E-state index in [1.165, 1.54) is 29.2 Å². The number of nitro benzene ring substituents is 1. The molecule has 1 saturated heterocycles. The molecule has 2 aliphatic rings. The summed E-state index contributed by atoms with van der Waals surface area (Å²) in [4.78, 5) is 49.0. The van der Waals surface area contributed by atoms with Crippen LogP contribution in [0.15, 0.2) is 66.4 Å². The van der Waals surface area contributed by atoms with Crippen LogP contribution in [0.5, 0.6) is 5.75 Å². The number of fused-ring (bicyclic) bond motifs is 1. The van der Waals surface area contributed by atoms with Crippen LogP contribution in [-0.2, 0) is 25.7 Å². The predicted octanol–water partition coefficient (Wildman–Crippen LogP) is 2.09. The Morgan fingerprint density at radius 2 is 1.85 bits per heavy atom. The Hall–Kier alpha value is -4.21. The molecule has 0 unspecified atom stereocenters. The van der Waals surface area contributed by atoms with Gasteiger partial charge in [0.15, 0.2) is 6.61 Å². The number of non-ortho nitro benzene ring substituents is 1. The van der Waals surface area contributed by atoms with Gasteiger partial charge in [-0.15, -0.1) is 0 Å². The average Bonchev–Trinajstić information content (AvgIpc) is 2.84. The molecule has 0 radical (unpaired) electrons. The van der Waals surface area contributed by atoms with Gasteiger partial charge in [-0.05, 0) is 42.7 Å². The molecule has 2 aromatic carbocycles. The van der Waals surface area contributed by atoms with Crippen molar-refractivity contribution < 1.29 is 28.8 Å². The van der Waals surface area contributed by atoms with Gasteiger partial charge in [0.25, 0.3) is 17.5 Å². The van der Waals surface area contributed by atoms with Gasteiger partial charge in [-0.3, -0.25) is 24.6 Å². The van der Waals surface area contributed by atoms with Gasteiger partial charge >= 0.3 is 5.97 Å². The number of ether oxygens (including phenoxy) is 2. The van der Waals surface area contributed by atoms with Gasteiger partial charge in [0, 0.05) is 12.1 Å². The van der Waals surface area contributed by atoms with Crippen LogP contribution in [0.2, 0.25) is 0 Å². The van der Waals surface area contributed by atoms with E-state index < -0.39 is 22.8 Å². The number of para-hydroxylation sites is 1. The highest BCUT2D eigenvalue weighted by Gasteiger charge is 2.52. The molecule has 10 heteroatoms. The number of carbonyl (C=O) groups is 3. The SMILES string of the molecule is O=C(COc1ccccc1)N[C@@H]1C(=O)N2C(C(=O)OCc3ccc([N+](=O)[O-])cc3)=CCC[C@H]12. The molecule has 2 aliphatic heterocycles. The molecule has 0 aliphatic carbocycles. The van der Waals surface area contributed by atoms with Gasteiger partial charge in [-0.25, -0.2) is 4.79 Å². The molecular formula is C23H21N3O7. The minimum absolute atomic E-state index is 0.0589. The summed E-state index contributed by atoms with van der Waals surface area (Å²) in [6.07, 6.45) is 2.81. The number of nitrogens with one attached hydrogen (secondary N) is 1. The molecule has 2 amide bonds. The van der Waals surface area contributed by atoms with Gasteiger partial charge < -0.3 is 14.8 Å². The number of rotatable bonds is 8. The van der Waals surface area contributed by atoms with Crippen molar-refractivity contribution in [2.75, 3.05) is 6.61 Å². The van der Waals surface area contributed by atoms with E-state index in [1.807, 2.05) is 6.07 Å². The lowest BCUT2D eigenvalue weighted by molar-refractivity contribution is -0.384. The molecule has 2 heterocycles. The summed E-state index contributed by atoms with van der Waals surface area (Å²) in [5.74, 6) is -0.920. The number of nitro groups is 1. The maximum absolute atomic E-state index is 12.7. The molecular weight excluding hydrogens is 430 g/mol. The fourth-order valence-corrected chi connectivity index (χ4v) is 3.78. The first-order chi connectivity index (χ1) is 15.9. The molecule has 33 heavy (non-hydrogen) atoms. The molecule has 1 fully saturated rings. The zero-order chi connectivity index (χ0) is 23.4. The number of hydrogen-bond donors (Lipinski definition) is 1. The molecule has 170 valence electrons. The summed E-state index contributed by atoms with van der Waals surface area (Å²) in [6.45, 7) is -0.307. The first kappa shape index (κ1) is 22.0. The second-order valence-corrected chi connectivity index (χ2v) is 7.59. The zero-order valence-corrected chi connectivity index (χ0v) is 17.5. The van der Waals surface area contributed by atoms with Gasteiger partial charge in [-0.1, -0.05) is 24.3 Å². The lowest BCUT2D eigenvalue weighted by Crippen LogP contribution is -2.71. The number of nitrogens with zero attached hydrogens (tertiary/aromatic N) is 2. The van der Waals surface area contributed by atoms with E-state index in [1.54, 1.807) is 30.3 Å². The van der Waals surface area contributed by atoms with E-state index in [-0.39, 0.29) is 36.5 Å². The molecule has 0 aromatic heterocycles. The van der Waals surface area contributed by atoms with Crippen molar-refractivity contribution in [2.45, 2.75) is 31.5 Å². The number of benzene rings is 2.